The van der Waals surface area contributed by atoms with Crippen LogP contribution in [0.1, 0.15) is 5.76 Å². The summed E-state index contributed by atoms with van der Waals surface area (Å²) >= 11 is 6.84. The highest BCUT2D eigenvalue weighted by Gasteiger charge is 2.34. The fraction of sp³-hybridized carbons (Fsp3) is 0.0588. The first-order chi connectivity index (χ1) is 12.4. The highest BCUT2D eigenvalue weighted by molar-refractivity contribution is 8.18. The molecule has 26 heavy (non-hydrogen) atoms. The number of rotatable bonds is 4. The van der Waals surface area contributed by atoms with Gasteiger partial charge in [0.05, 0.1) is 21.4 Å². The summed E-state index contributed by atoms with van der Waals surface area (Å²) in [6.45, 7) is -0.102. The average Bonchev–Trinajstić information content (AvgIpc) is 3.16. The van der Waals surface area contributed by atoms with Gasteiger partial charge in [-0.3, -0.25) is 24.6 Å². The first-order valence-electron chi connectivity index (χ1n) is 7.13. The van der Waals surface area contributed by atoms with Gasteiger partial charge in [-0.15, -0.1) is 6.42 Å². The molecule has 1 aromatic carbocycles. The molecule has 2 heterocycles. The third-order valence-electron chi connectivity index (χ3n) is 3.45. The van der Waals surface area contributed by atoms with E-state index in [4.69, 9.17) is 22.4 Å². The smallest absolute Gasteiger partial charge is 0.294 e. The maximum atomic E-state index is 12.1. The van der Waals surface area contributed by atoms with Crippen molar-refractivity contribution in [1.82, 2.24) is 4.90 Å². The van der Waals surface area contributed by atoms with Gasteiger partial charge in [-0.25, -0.2) is 0 Å². The molecule has 0 N–H and O–H groups in total. The first-order valence-corrected chi connectivity index (χ1v) is 8.33. The first kappa shape index (κ1) is 17.8. The molecule has 0 unspecified atom stereocenters. The van der Waals surface area contributed by atoms with Crippen LogP contribution in [-0.2, 0) is 4.79 Å². The molecule has 0 saturated carbocycles. The average molecular weight is 389 g/mol. The quantitative estimate of drug-likeness (QED) is 0.337. The van der Waals surface area contributed by atoms with Gasteiger partial charge in [0.15, 0.2) is 0 Å². The van der Waals surface area contributed by atoms with Crippen LogP contribution in [0.4, 0.5) is 10.5 Å². The second kappa shape index (κ2) is 7.07. The number of non-ortho nitro benzene ring substituents is 1. The number of furan rings is 1. The van der Waals surface area contributed by atoms with Gasteiger partial charge in [0.1, 0.15) is 11.5 Å². The van der Waals surface area contributed by atoms with Gasteiger partial charge in [-0.05, 0) is 30.0 Å². The number of nitro groups is 1. The Morgan fingerprint density at radius 2 is 2.12 bits per heavy atom. The molecule has 1 aromatic heterocycles. The van der Waals surface area contributed by atoms with Crippen LogP contribution in [0.3, 0.4) is 0 Å². The van der Waals surface area contributed by atoms with Crippen molar-refractivity contribution in [3.8, 4) is 23.7 Å². The van der Waals surface area contributed by atoms with Crippen LogP contribution >= 0.6 is 23.4 Å². The predicted molar refractivity (Wildman–Crippen MR) is 97.3 cm³/mol. The van der Waals surface area contributed by atoms with E-state index in [1.165, 1.54) is 24.3 Å². The molecule has 2 amide bonds. The van der Waals surface area contributed by atoms with Gasteiger partial charge in [-0.1, -0.05) is 17.5 Å². The SMILES string of the molecule is C#CCN1C(=O)S/C(=C\c2ccc(-c3cc([N+](=O)[O-])ccc3Cl)o2)C1=O. The Morgan fingerprint density at radius 1 is 1.35 bits per heavy atom. The number of imide groups is 1. The van der Waals surface area contributed by atoms with Gasteiger partial charge >= 0.3 is 0 Å². The standard InChI is InChI=1S/C17H9ClN2O5S/c1-2-7-19-16(21)15(26-17(19)22)9-11-4-6-14(25-11)12-8-10(20(23)24)3-5-13(12)18/h1,3-6,8-9H,7H2/b15-9-. The predicted octanol–water partition coefficient (Wildman–Crippen LogP) is 4.18. The molecule has 0 aliphatic carbocycles. The second-order valence-corrected chi connectivity index (χ2v) is 6.50. The third-order valence-corrected chi connectivity index (χ3v) is 4.69. The number of thioether (sulfide) groups is 1. The molecule has 0 spiro atoms. The number of nitrogens with zero attached hydrogens (tertiary/aromatic N) is 2. The van der Waals surface area contributed by atoms with E-state index in [0.29, 0.717) is 17.1 Å². The highest BCUT2D eigenvalue weighted by Crippen LogP contribution is 2.35. The summed E-state index contributed by atoms with van der Waals surface area (Å²) in [4.78, 5) is 35.4. The lowest BCUT2D eigenvalue weighted by molar-refractivity contribution is -0.384. The molecule has 0 atom stereocenters. The normalized spacial score (nSPS) is 15.5. The summed E-state index contributed by atoms with van der Waals surface area (Å²) in [7, 11) is 0. The summed E-state index contributed by atoms with van der Waals surface area (Å²) in [5.74, 6) is 2.35. The summed E-state index contributed by atoms with van der Waals surface area (Å²) in [5.41, 5.74) is 0.221. The lowest BCUT2D eigenvalue weighted by atomic mass is 10.1. The van der Waals surface area contributed by atoms with Crippen molar-refractivity contribution in [2.45, 2.75) is 0 Å². The Balaban J connectivity index is 1.91. The van der Waals surface area contributed by atoms with Gasteiger partial charge in [0, 0.05) is 23.8 Å². The van der Waals surface area contributed by atoms with Crippen LogP contribution < -0.4 is 0 Å². The maximum Gasteiger partial charge on any atom is 0.294 e. The van der Waals surface area contributed by atoms with Crippen LogP contribution in [0.2, 0.25) is 5.02 Å². The number of hydrogen-bond acceptors (Lipinski definition) is 6. The topological polar surface area (TPSA) is 93.7 Å². The number of benzene rings is 1. The molecular formula is C17H9ClN2O5S. The molecule has 130 valence electrons. The van der Waals surface area contributed by atoms with Gasteiger partial charge in [0.2, 0.25) is 0 Å². The fourth-order valence-electron chi connectivity index (χ4n) is 2.25. The number of hydrogen-bond donors (Lipinski definition) is 0. The van der Waals surface area contributed by atoms with E-state index in [9.17, 15) is 19.7 Å². The number of halogens is 1. The Bertz CT molecular complexity index is 1000. The number of nitro benzene ring substituents is 1. The van der Waals surface area contributed by atoms with E-state index < -0.39 is 16.1 Å². The molecule has 3 rings (SSSR count). The fourth-order valence-corrected chi connectivity index (χ4v) is 3.28. The Morgan fingerprint density at radius 3 is 2.81 bits per heavy atom. The minimum absolute atomic E-state index is 0.102. The van der Waals surface area contributed by atoms with Crippen molar-refractivity contribution in [3.05, 3.63) is 56.1 Å². The van der Waals surface area contributed by atoms with Crippen LogP contribution in [0, 0.1) is 22.5 Å². The van der Waals surface area contributed by atoms with E-state index >= 15 is 0 Å². The molecule has 0 bridgehead atoms. The zero-order valence-electron chi connectivity index (χ0n) is 13.0. The molecule has 9 heteroatoms. The molecular weight excluding hydrogens is 380 g/mol. The van der Waals surface area contributed by atoms with Gasteiger partial charge in [-0.2, -0.15) is 0 Å². The Kier molecular flexibility index (Phi) is 4.84. The monoisotopic (exact) mass is 388 g/mol. The molecule has 2 aromatic rings. The summed E-state index contributed by atoms with van der Waals surface area (Å²) in [5, 5.41) is 10.7. The van der Waals surface area contributed by atoms with Crippen molar-refractivity contribution >= 4 is 46.3 Å². The minimum atomic E-state index is -0.537. The Labute approximate surface area is 156 Å². The summed E-state index contributed by atoms with van der Waals surface area (Å²) in [6, 6.07) is 7.13. The van der Waals surface area contributed by atoms with Crippen molar-refractivity contribution in [2.24, 2.45) is 0 Å². The molecule has 1 aliphatic heterocycles. The van der Waals surface area contributed by atoms with E-state index in [1.807, 2.05) is 0 Å². The number of terminal acetylenes is 1. The van der Waals surface area contributed by atoms with Gasteiger partial charge < -0.3 is 4.42 Å². The maximum absolute atomic E-state index is 12.1. The van der Waals surface area contributed by atoms with Crippen LogP contribution in [0.15, 0.2) is 39.7 Å². The second-order valence-electron chi connectivity index (χ2n) is 5.10. The van der Waals surface area contributed by atoms with E-state index in [2.05, 4.69) is 5.92 Å². The van der Waals surface area contributed by atoms with Crippen LogP contribution in [0.5, 0.6) is 0 Å². The zero-order valence-corrected chi connectivity index (χ0v) is 14.5. The molecule has 1 aliphatic rings. The van der Waals surface area contributed by atoms with E-state index in [0.717, 1.165) is 16.7 Å². The number of amides is 2. The zero-order chi connectivity index (χ0) is 18.8. The Hall–Kier alpha value is -3.02. The minimum Gasteiger partial charge on any atom is -0.457 e. The summed E-state index contributed by atoms with van der Waals surface area (Å²) in [6.07, 6.45) is 6.56. The van der Waals surface area contributed by atoms with Gasteiger partial charge in [0.25, 0.3) is 16.8 Å². The summed E-state index contributed by atoms with van der Waals surface area (Å²) < 4.78 is 5.61. The van der Waals surface area contributed by atoms with Crippen molar-refractivity contribution in [2.75, 3.05) is 6.54 Å². The van der Waals surface area contributed by atoms with Crippen molar-refractivity contribution < 1.29 is 18.9 Å². The third kappa shape index (κ3) is 3.35. The largest absolute Gasteiger partial charge is 0.457 e. The van der Waals surface area contributed by atoms with E-state index in [-0.39, 0.29) is 22.2 Å². The molecule has 1 saturated heterocycles. The highest BCUT2D eigenvalue weighted by atomic mass is 35.5. The van der Waals surface area contributed by atoms with E-state index in [1.54, 1.807) is 12.1 Å². The number of carbonyl (C=O) groups excluding carboxylic acids is 2. The lowest BCUT2D eigenvalue weighted by Crippen LogP contribution is -2.28. The van der Waals surface area contributed by atoms with Crippen LogP contribution in [0.25, 0.3) is 17.4 Å². The van der Waals surface area contributed by atoms with Crippen LogP contribution in [-0.4, -0.2) is 27.5 Å². The number of carbonyl (C=O) groups is 2. The molecule has 0 radical (unpaired) electrons. The van der Waals surface area contributed by atoms with Crippen molar-refractivity contribution in [1.29, 1.82) is 0 Å². The van der Waals surface area contributed by atoms with Crippen molar-refractivity contribution in [3.63, 3.8) is 0 Å². The lowest BCUT2D eigenvalue weighted by Gasteiger charge is -2.06. The molecule has 7 nitrogen and oxygen atoms in total. The molecule has 1 fully saturated rings.